The summed E-state index contributed by atoms with van der Waals surface area (Å²) >= 11 is 1.66. The van der Waals surface area contributed by atoms with Gasteiger partial charge in [0.05, 0.1) is 38.0 Å². The molecule has 4 rings (SSSR count). The summed E-state index contributed by atoms with van der Waals surface area (Å²) in [6, 6.07) is 7.94. The molecular formula is C17H20N2O3S. The molecule has 2 aromatic rings. The van der Waals surface area contributed by atoms with Crippen LogP contribution in [-0.4, -0.2) is 36.6 Å². The van der Waals surface area contributed by atoms with Crippen LogP contribution in [0.4, 0.5) is 0 Å². The largest absolute Gasteiger partial charge is 0.468 e. The van der Waals surface area contributed by atoms with Crippen LogP contribution in [0, 0.1) is 11.8 Å². The van der Waals surface area contributed by atoms with Gasteiger partial charge in [-0.05, 0) is 23.6 Å². The lowest BCUT2D eigenvalue weighted by molar-refractivity contribution is -0.126. The SMILES string of the molecule is O=C(NCc1cccs1)[C@@H]1CO[C@H]2CN(Cc3ccco3)C[C@H]21. The Balaban J connectivity index is 1.33. The standard InChI is InChI=1S/C17H20N2O3S/c20-17(18-7-13-4-2-6-23-13)15-11-22-16-10-19(9-14(15)16)8-12-3-1-5-21-12/h1-6,14-16H,7-11H2,(H,18,20)/t14-,15+,16-/m0/s1. The van der Waals surface area contributed by atoms with E-state index < -0.39 is 0 Å². The lowest BCUT2D eigenvalue weighted by Crippen LogP contribution is -2.36. The van der Waals surface area contributed by atoms with Crippen molar-refractivity contribution in [3.05, 3.63) is 46.5 Å². The Morgan fingerprint density at radius 2 is 2.30 bits per heavy atom. The Morgan fingerprint density at radius 1 is 1.35 bits per heavy atom. The topological polar surface area (TPSA) is 54.7 Å². The Morgan fingerprint density at radius 3 is 3.09 bits per heavy atom. The van der Waals surface area contributed by atoms with Gasteiger partial charge < -0.3 is 14.5 Å². The van der Waals surface area contributed by atoms with Crippen molar-refractivity contribution >= 4 is 17.2 Å². The molecule has 0 aromatic carbocycles. The average molecular weight is 332 g/mol. The van der Waals surface area contributed by atoms with E-state index in [9.17, 15) is 4.79 Å². The molecule has 5 nitrogen and oxygen atoms in total. The predicted molar refractivity (Wildman–Crippen MR) is 86.9 cm³/mol. The number of hydrogen-bond acceptors (Lipinski definition) is 5. The summed E-state index contributed by atoms with van der Waals surface area (Å²) in [4.78, 5) is 16.0. The van der Waals surface area contributed by atoms with Crippen molar-refractivity contribution in [1.82, 2.24) is 10.2 Å². The molecule has 0 unspecified atom stereocenters. The maximum absolute atomic E-state index is 12.5. The van der Waals surface area contributed by atoms with E-state index in [1.807, 2.05) is 29.6 Å². The first-order chi connectivity index (χ1) is 11.3. The number of ether oxygens (including phenoxy) is 1. The Bertz CT molecular complexity index is 641. The zero-order chi connectivity index (χ0) is 15.6. The molecule has 1 amide bonds. The number of furan rings is 1. The third-order valence-corrected chi connectivity index (χ3v) is 5.58. The Labute approximate surface area is 139 Å². The van der Waals surface area contributed by atoms with Crippen LogP contribution in [0.15, 0.2) is 40.3 Å². The number of amides is 1. The number of rotatable bonds is 5. The van der Waals surface area contributed by atoms with Crippen LogP contribution in [0.1, 0.15) is 10.6 Å². The highest BCUT2D eigenvalue weighted by molar-refractivity contribution is 7.09. The van der Waals surface area contributed by atoms with E-state index >= 15 is 0 Å². The second-order valence-electron chi connectivity index (χ2n) is 6.21. The van der Waals surface area contributed by atoms with Crippen LogP contribution in [-0.2, 0) is 22.6 Å². The number of nitrogens with zero attached hydrogens (tertiary/aromatic N) is 1. The Kier molecular flexibility index (Phi) is 4.20. The monoisotopic (exact) mass is 332 g/mol. The lowest BCUT2D eigenvalue weighted by atomic mass is 9.92. The summed E-state index contributed by atoms with van der Waals surface area (Å²) in [7, 11) is 0. The highest BCUT2D eigenvalue weighted by Gasteiger charge is 2.46. The molecule has 4 heterocycles. The van der Waals surface area contributed by atoms with Crippen molar-refractivity contribution in [3.8, 4) is 0 Å². The van der Waals surface area contributed by atoms with Crippen molar-refractivity contribution in [3.63, 3.8) is 0 Å². The number of thiophene rings is 1. The van der Waals surface area contributed by atoms with Gasteiger partial charge in [-0.15, -0.1) is 11.3 Å². The van der Waals surface area contributed by atoms with Gasteiger partial charge in [0.1, 0.15) is 5.76 Å². The first kappa shape index (κ1) is 14.9. The molecule has 0 bridgehead atoms. The van der Waals surface area contributed by atoms with Crippen molar-refractivity contribution in [2.45, 2.75) is 19.2 Å². The number of carbonyl (C=O) groups excluding carboxylic acids is 1. The number of nitrogens with one attached hydrogen (secondary N) is 1. The van der Waals surface area contributed by atoms with Gasteiger partial charge in [-0.1, -0.05) is 6.07 Å². The molecule has 0 aliphatic carbocycles. The predicted octanol–water partition coefficient (Wildman–Crippen LogP) is 2.10. The van der Waals surface area contributed by atoms with Crippen LogP contribution in [0.25, 0.3) is 0 Å². The third kappa shape index (κ3) is 3.20. The van der Waals surface area contributed by atoms with Gasteiger partial charge in [0, 0.05) is 23.9 Å². The maximum atomic E-state index is 12.5. The van der Waals surface area contributed by atoms with E-state index in [4.69, 9.17) is 9.15 Å². The van der Waals surface area contributed by atoms with Gasteiger partial charge >= 0.3 is 0 Å². The maximum Gasteiger partial charge on any atom is 0.226 e. The van der Waals surface area contributed by atoms with Gasteiger partial charge in [-0.3, -0.25) is 9.69 Å². The van der Waals surface area contributed by atoms with Crippen molar-refractivity contribution in [1.29, 1.82) is 0 Å². The molecular weight excluding hydrogens is 312 g/mol. The molecule has 2 aromatic heterocycles. The Hall–Kier alpha value is -1.63. The van der Waals surface area contributed by atoms with Crippen molar-refractivity contribution < 1.29 is 13.9 Å². The quantitative estimate of drug-likeness (QED) is 0.911. The van der Waals surface area contributed by atoms with Crippen LogP contribution < -0.4 is 5.32 Å². The molecule has 0 radical (unpaired) electrons. The fourth-order valence-electron chi connectivity index (χ4n) is 3.53. The molecule has 2 fully saturated rings. The average Bonchev–Trinajstić information content (AvgIpc) is 3.30. The highest BCUT2D eigenvalue weighted by Crippen LogP contribution is 2.34. The highest BCUT2D eigenvalue weighted by atomic mass is 32.1. The minimum Gasteiger partial charge on any atom is -0.468 e. The van der Waals surface area contributed by atoms with E-state index in [1.54, 1.807) is 17.6 Å². The van der Waals surface area contributed by atoms with Gasteiger partial charge in [0.25, 0.3) is 0 Å². The van der Waals surface area contributed by atoms with Gasteiger partial charge in [0.2, 0.25) is 5.91 Å². The molecule has 2 aliphatic rings. The number of carbonyl (C=O) groups is 1. The molecule has 0 saturated carbocycles. The summed E-state index contributed by atoms with van der Waals surface area (Å²) in [6.07, 6.45) is 1.87. The molecule has 0 spiro atoms. The van der Waals surface area contributed by atoms with Gasteiger partial charge in [-0.25, -0.2) is 0 Å². The van der Waals surface area contributed by atoms with Crippen LogP contribution >= 0.6 is 11.3 Å². The van der Waals surface area contributed by atoms with Crippen molar-refractivity contribution in [2.24, 2.45) is 11.8 Å². The van der Waals surface area contributed by atoms with E-state index in [-0.39, 0.29) is 23.8 Å². The van der Waals surface area contributed by atoms with Crippen LogP contribution in [0.2, 0.25) is 0 Å². The summed E-state index contributed by atoms with van der Waals surface area (Å²) in [5, 5.41) is 5.08. The first-order valence-corrected chi connectivity index (χ1v) is 8.84. The van der Waals surface area contributed by atoms with Gasteiger partial charge in [0.15, 0.2) is 0 Å². The molecule has 2 saturated heterocycles. The summed E-state index contributed by atoms with van der Waals surface area (Å²) in [5.74, 6) is 1.32. The summed E-state index contributed by atoms with van der Waals surface area (Å²) in [6.45, 7) is 3.70. The molecule has 2 aliphatic heterocycles. The second-order valence-corrected chi connectivity index (χ2v) is 7.24. The van der Waals surface area contributed by atoms with E-state index in [2.05, 4.69) is 10.2 Å². The number of fused-ring (bicyclic) bond motifs is 1. The minimum atomic E-state index is -0.0402. The molecule has 6 heteroatoms. The zero-order valence-electron chi connectivity index (χ0n) is 12.8. The normalized spacial score (nSPS) is 27.2. The fourth-order valence-corrected chi connectivity index (χ4v) is 4.18. The zero-order valence-corrected chi connectivity index (χ0v) is 13.6. The number of hydrogen-bond donors (Lipinski definition) is 1. The third-order valence-electron chi connectivity index (χ3n) is 4.70. The van der Waals surface area contributed by atoms with E-state index in [1.165, 1.54) is 4.88 Å². The molecule has 1 N–H and O–H groups in total. The fraction of sp³-hybridized carbons (Fsp3) is 0.471. The summed E-state index contributed by atoms with van der Waals surface area (Å²) in [5.41, 5.74) is 0. The smallest absolute Gasteiger partial charge is 0.226 e. The van der Waals surface area contributed by atoms with Crippen molar-refractivity contribution in [2.75, 3.05) is 19.7 Å². The van der Waals surface area contributed by atoms with Crippen LogP contribution in [0.3, 0.4) is 0 Å². The van der Waals surface area contributed by atoms with Crippen LogP contribution in [0.5, 0.6) is 0 Å². The molecule has 122 valence electrons. The lowest BCUT2D eigenvalue weighted by Gasteiger charge is -2.18. The minimum absolute atomic E-state index is 0.0402. The second kappa shape index (κ2) is 6.47. The number of likely N-dealkylation sites (tertiary alicyclic amines) is 1. The van der Waals surface area contributed by atoms with E-state index in [0.29, 0.717) is 13.2 Å². The van der Waals surface area contributed by atoms with Gasteiger partial charge in [-0.2, -0.15) is 0 Å². The first-order valence-electron chi connectivity index (χ1n) is 7.96. The summed E-state index contributed by atoms with van der Waals surface area (Å²) < 4.78 is 11.3. The molecule has 23 heavy (non-hydrogen) atoms. The van der Waals surface area contributed by atoms with E-state index in [0.717, 1.165) is 25.4 Å². The molecule has 3 atom stereocenters.